The molecule has 1 atom stereocenters. The highest BCUT2D eigenvalue weighted by molar-refractivity contribution is 7.99. The molecular weight excluding hydrogens is 206 g/mol. The van der Waals surface area contributed by atoms with E-state index in [-0.39, 0.29) is 0 Å². The van der Waals surface area contributed by atoms with Crippen molar-refractivity contribution in [1.82, 2.24) is 4.98 Å². The van der Waals surface area contributed by atoms with Crippen LogP contribution in [0, 0.1) is 0 Å². The van der Waals surface area contributed by atoms with Gasteiger partial charge >= 0.3 is 0 Å². The Morgan fingerprint density at radius 2 is 2.53 bits per heavy atom. The molecule has 0 spiro atoms. The molecule has 1 saturated heterocycles. The number of nitrogens with two attached hydrogens (primary N) is 1. The van der Waals surface area contributed by atoms with E-state index in [1.807, 2.05) is 30.2 Å². The molecule has 0 aliphatic carbocycles. The minimum absolute atomic E-state index is 0.641. The highest BCUT2D eigenvalue weighted by atomic mass is 32.2. The van der Waals surface area contributed by atoms with Crippen molar-refractivity contribution in [2.75, 3.05) is 29.5 Å². The molecule has 2 N–H and O–H groups in total. The Kier molecular flexibility index (Phi) is 3.86. The van der Waals surface area contributed by atoms with Gasteiger partial charge in [0.05, 0.1) is 11.9 Å². The van der Waals surface area contributed by atoms with Crippen molar-refractivity contribution in [3.63, 3.8) is 0 Å². The van der Waals surface area contributed by atoms with Crippen molar-refractivity contribution in [2.45, 2.75) is 12.5 Å². The molecule has 0 saturated carbocycles. The second-order valence-corrected chi connectivity index (χ2v) is 4.86. The minimum Gasteiger partial charge on any atom is -0.365 e. The summed E-state index contributed by atoms with van der Waals surface area (Å²) in [6, 6.07) is 4.75. The van der Waals surface area contributed by atoms with E-state index in [4.69, 9.17) is 5.73 Å². The number of nitrogens with zero attached hydrogens (tertiary/aromatic N) is 2. The second-order valence-electron chi connectivity index (χ2n) is 3.71. The van der Waals surface area contributed by atoms with Crippen molar-refractivity contribution >= 4 is 17.4 Å². The second kappa shape index (κ2) is 5.37. The van der Waals surface area contributed by atoms with Gasteiger partial charge in [0.15, 0.2) is 0 Å². The third-order valence-electron chi connectivity index (χ3n) is 2.69. The molecular formula is C11H17N3S. The molecule has 1 unspecified atom stereocenters. The van der Waals surface area contributed by atoms with Crippen LogP contribution in [-0.2, 0) is 0 Å². The Labute approximate surface area is 95.1 Å². The molecule has 2 rings (SSSR count). The normalized spacial score (nSPS) is 20.5. The van der Waals surface area contributed by atoms with Crippen LogP contribution in [0.25, 0.3) is 0 Å². The van der Waals surface area contributed by atoms with Crippen molar-refractivity contribution in [1.29, 1.82) is 0 Å². The van der Waals surface area contributed by atoms with E-state index >= 15 is 0 Å². The van der Waals surface area contributed by atoms with Crippen LogP contribution in [0.15, 0.2) is 24.5 Å². The van der Waals surface area contributed by atoms with Crippen LogP contribution in [-0.4, -0.2) is 35.6 Å². The molecule has 15 heavy (non-hydrogen) atoms. The average molecular weight is 223 g/mol. The molecule has 1 aromatic rings. The SMILES string of the molecule is NCCN(c1cccnc1)C1CCSC1. The van der Waals surface area contributed by atoms with E-state index < -0.39 is 0 Å². The first-order valence-corrected chi connectivity index (χ1v) is 6.52. The van der Waals surface area contributed by atoms with Gasteiger partial charge in [0.1, 0.15) is 0 Å². The van der Waals surface area contributed by atoms with Gasteiger partial charge in [-0.05, 0) is 24.3 Å². The molecule has 0 radical (unpaired) electrons. The van der Waals surface area contributed by atoms with Gasteiger partial charge < -0.3 is 10.6 Å². The third kappa shape index (κ3) is 2.63. The van der Waals surface area contributed by atoms with E-state index in [0.717, 1.165) is 6.54 Å². The molecule has 0 amide bonds. The zero-order chi connectivity index (χ0) is 10.5. The van der Waals surface area contributed by atoms with Crippen LogP contribution in [0.3, 0.4) is 0 Å². The van der Waals surface area contributed by atoms with Crippen LogP contribution >= 0.6 is 11.8 Å². The molecule has 1 aliphatic rings. The number of hydrogen-bond acceptors (Lipinski definition) is 4. The fourth-order valence-electron chi connectivity index (χ4n) is 1.95. The summed E-state index contributed by atoms with van der Waals surface area (Å²) in [5, 5.41) is 0. The highest BCUT2D eigenvalue weighted by Gasteiger charge is 2.22. The molecule has 82 valence electrons. The lowest BCUT2D eigenvalue weighted by Gasteiger charge is -2.29. The Balaban J connectivity index is 2.11. The number of aromatic nitrogens is 1. The van der Waals surface area contributed by atoms with Crippen LogP contribution < -0.4 is 10.6 Å². The first-order valence-electron chi connectivity index (χ1n) is 5.36. The summed E-state index contributed by atoms with van der Waals surface area (Å²) in [5.74, 6) is 2.49. The Morgan fingerprint density at radius 1 is 1.60 bits per heavy atom. The minimum atomic E-state index is 0.641. The fourth-order valence-corrected chi connectivity index (χ4v) is 3.18. The van der Waals surface area contributed by atoms with Crippen LogP contribution in [0.2, 0.25) is 0 Å². The topological polar surface area (TPSA) is 42.1 Å². The summed E-state index contributed by atoms with van der Waals surface area (Å²) in [6.45, 7) is 1.63. The van der Waals surface area contributed by atoms with Gasteiger partial charge in [-0.1, -0.05) is 0 Å². The maximum Gasteiger partial charge on any atom is 0.0555 e. The maximum absolute atomic E-state index is 5.67. The molecule has 1 aromatic heterocycles. The first-order chi connectivity index (χ1) is 7.42. The fraction of sp³-hybridized carbons (Fsp3) is 0.545. The first kappa shape index (κ1) is 10.8. The lowest BCUT2D eigenvalue weighted by Crippen LogP contribution is -2.39. The van der Waals surface area contributed by atoms with E-state index in [1.54, 1.807) is 0 Å². The van der Waals surface area contributed by atoms with Crippen molar-refractivity contribution in [3.8, 4) is 0 Å². The maximum atomic E-state index is 5.67. The third-order valence-corrected chi connectivity index (χ3v) is 3.84. The van der Waals surface area contributed by atoms with Gasteiger partial charge in [0.25, 0.3) is 0 Å². The van der Waals surface area contributed by atoms with Crippen LogP contribution in [0.1, 0.15) is 6.42 Å². The predicted molar refractivity (Wildman–Crippen MR) is 66.4 cm³/mol. The van der Waals surface area contributed by atoms with Crippen LogP contribution in [0.4, 0.5) is 5.69 Å². The molecule has 0 aromatic carbocycles. The zero-order valence-electron chi connectivity index (χ0n) is 8.80. The number of pyridine rings is 1. The summed E-state index contributed by atoms with van der Waals surface area (Å²) in [6.07, 6.45) is 5.01. The number of rotatable bonds is 4. The summed E-state index contributed by atoms with van der Waals surface area (Å²) < 4.78 is 0. The smallest absolute Gasteiger partial charge is 0.0555 e. The summed E-state index contributed by atoms with van der Waals surface area (Å²) in [5.41, 5.74) is 6.87. The monoisotopic (exact) mass is 223 g/mol. The zero-order valence-corrected chi connectivity index (χ0v) is 9.62. The van der Waals surface area contributed by atoms with Gasteiger partial charge in [0, 0.05) is 31.1 Å². The standard InChI is InChI=1S/C11H17N3S/c12-4-6-14(11-3-7-15-9-11)10-2-1-5-13-8-10/h1-2,5,8,11H,3-4,6-7,9,12H2. The Morgan fingerprint density at radius 3 is 3.13 bits per heavy atom. The van der Waals surface area contributed by atoms with E-state index in [0.29, 0.717) is 12.6 Å². The van der Waals surface area contributed by atoms with E-state index in [2.05, 4.69) is 16.0 Å². The molecule has 2 heterocycles. The van der Waals surface area contributed by atoms with E-state index in [1.165, 1.54) is 23.6 Å². The molecule has 4 heteroatoms. The molecule has 1 aliphatic heterocycles. The van der Waals surface area contributed by atoms with Crippen molar-refractivity contribution < 1.29 is 0 Å². The van der Waals surface area contributed by atoms with Gasteiger partial charge in [0.2, 0.25) is 0 Å². The van der Waals surface area contributed by atoms with E-state index in [9.17, 15) is 0 Å². The lowest BCUT2D eigenvalue weighted by atomic mass is 10.2. The Hall–Kier alpha value is -0.740. The van der Waals surface area contributed by atoms with Crippen molar-refractivity contribution in [3.05, 3.63) is 24.5 Å². The summed E-state index contributed by atoms with van der Waals surface area (Å²) in [7, 11) is 0. The summed E-state index contributed by atoms with van der Waals surface area (Å²) in [4.78, 5) is 6.57. The van der Waals surface area contributed by atoms with Gasteiger partial charge in [-0.15, -0.1) is 0 Å². The highest BCUT2D eigenvalue weighted by Crippen LogP contribution is 2.26. The number of anilines is 1. The quantitative estimate of drug-likeness (QED) is 0.836. The number of thioether (sulfide) groups is 1. The van der Waals surface area contributed by atoms with Gasteiger partial charge in [-0.3, -0.25) is 4.98 Å². The average Bonchev–Trinajstić information content (AvgIpc) is 2.80. The van der Waals surface area contributed by atoms with Crippen LogP contribution in [0.5, 0.6) is 0 Å². The molecule has 0 bridgehead atoms. The largest absolute Gasteiger partial charge is 0.365 e. The lowest BCUT2D eigenvalue weighted by molar-refractivity contribution is 0.645. The van der Waals surface area contributed by atoms with Gasteiger partial charge in [-0.2, -0.15) is 11.8 Å². The summed E-state index contributed by atoms with van der Waals surface area (Å²) >= 11 is 2.03. The predicted octanol–water partition coefficient (Wildman–Crippen LogP) is 1.35. The van der Waals surface area contributed by atoms with Crippen molar-refractivity contribution in [2.24, 2.45) is 5.73 Å². The molecule has 1 fully saturated rings. The number of hydrogen-bond donors (Lipinski definition) is 1. The molecule has 3 nitrogen and oxygen atoms in total. The Bertz CT molecular complexity index is 285. The van der Waals surface area contributed by atoms with Gasteiger partial charge in [-0.25, -0.2) is 0 Å².